The third-order valence-electron chi connectivity index (χ3n) is 5.29. The molecule has 1 aliphatic carbocycles. The van der Waals surface area contributed by atoms with E-state index in [4.69, 9.17) is 4.74 Å². The van der Waals surface area contributed by atoms with Crippen molar-refractivity contribution in [2.75, 3.05) is 33.3 Å². The molecule has 0 radical (unpaired) electrons. The molecule has 1 heterocycles. The van der Waals surface area contributed by atoms with E-state index >= 15 is 0 Å². The van der Waals surface area contributed by atoms with Gasteiger partial charge in [-0.1, -0.05) is 36.4 Å². The van der Waals surface area contributed by atoms with Crippen molar-refractivity contribution in [3.8, 4) is 16.9 Å². The Morgan fingerprint density at radius 1 is 0.917 bits per heavy atom. The fourth-order valence-electron chi connectivity index (χ4n) is 3.81. The molecule has 1 saturated heterocycles. The van der Waals surface area contributed by atoms with Crippen LogP contribution in [0.2, 0.25) is 0 Å². The van der Waals surface area contributed by atoms with Crippen molar-refractivity contribution in [3.05, 3.63) is 54.1 Å². The maximum Gasteiger partial charge on any atom is 0.118 e. The third-order valence-corrected chi connectivity index (χ3v) is 5.29. The smallest absolute Gasteiger partial charge is 0.118 e. The minimum atomic E-state index is 0.608. The van der Waals surface area contributed by atoms with Crippen molar-refractivity contribution in [1.82, 2.24) is 10.2 Å². The van der Waals surface area contributed by atoms with E-state index in [9.17, 15) is 0 Å². The maximum atomic E-state index is 5.25. The molecular formula is C21H26N2O. The molecule has 126 valence electrons. The van der Waals surface area contributed by atoms with Crippen molar-refractivity contribution in [2.45, 2.75) is 18.9 Å². The Morgan fingerprint density at radius 2 is 1.50 bits per heavy atom. The summed E-state index contributed by atoms with van der Waals surface area (Å²) in [5, 5.41) is 3.47. The lowest BCUT2D eigenvalue weighted by atomic mass is 9.96. The summed E-state index contributed by atoms with van der Waals surface area (Å²) in [4.78, 5) is 2.68. The van der Waals surface area contributed by atoms with E-state index in [-0.39, 0.29) is 0 Å². The molecule has 3 heteroatoms. The number of benzene rings is 2. The summed E-state index contributed by atoms with van der Waals surface area (Å²) in [6, 6.07) is 18.1. The topological polar surface area (TPSA) is 24.5 Å². The zero-order valence-corrected chi connectivity index (χ0v) is 14.4. The Labute approximate surface area is 144 Å². The van der Waals surface area contributed by atoms with Gasteiger partial charge in [-0.25, -0.2) is 0 Å². The van der Waals surface area contributed by atoms with Gasteiger partial charge in [0.25, 0.3) is 0 Å². The molecule has 24 heavy (non-hydrogen) atoms. The van der Waals surface area contributed by atoms with Crippen molar-refractivity contribution in [1.29, 1.82) is 0 Å². The van der Waals surface area contributed by atoms with E-state index in [2.05, 4.69) is 46.6 Å². The molecule has 2 aliphatic rings. The quantitative estimate of drug-likeness (QED) is 0.908. The standard InChI is InChI=1S/C21H26N2O/c1-24-20-10-8-17(9-11-20)16-2-4-18(5-3-16)21(19-6-7-19)23-14-12-22-13-15-23/h2-5,8-11,19,21-22H,6-7,12-15H2,1H3. The molecule has 1 N–H and O–H groups in total. The Balaban J connectivity index is 1.54. The van der Waals surface area contributed by atoms with Crippen LogP contribution in [0.4, 0.5) is 0 Å². The average molecular weight is 322 g/mol. The van der Waals surface area contributed by atoms with E-state index in [1.807, 2.05) is 12.1 Å². The van der Waals surface area contributed by atoms with Crippen LogP contribution in [-0.4, -0.2) is 38.2 Å². The second-order valence-corrected chi connectivity index (χ2v) is 6.92. The molecule has 4 rings (SSSR count). The number of hydrogen-bond donors (Lipinski definition) is 1. The first kappa shape index (κ1) is 15.7. The van der Waals surface area contributed by atoms with E-state index in [0.29, 0.717) is 6.04 Å². The van der Waals surface area contributed by atoms with Gasteiger partial charge in [0.05, 0.1) is 7.11 Å². The Bertz CT molecular complexity index is 655. The van der Waals surface area contributed by atoms with Crippen LogP contribution in [0.3, 0.4) is 0 Å². The SMILES string of the molecule is COc1ccc(-c2ccc(C(C3CC3)N3CCNCC3)cc2)cc1. The molecule has 2 fully saturated rings. The molecular weight excluding hydrogens is 296 g/mol. The van der Waals surface area contributed by atoms with Crippen LogP contribution in [0.25, 0.3) is 11.1 Å². The van der Waals surface area contributed by atoms with Gasteiger partial charge in [0, 0.05) is 32.2 Å². The molecule has 0 amide bonds. The van der Waals surface area contributed by atoms with E-state index in [1.165, 1.54) is 42.6 Å². The molecule has 1 atom stereocenters. The lowest BCUT2D eigenvalue weighted by Crippen LogP contribution is -2.45. The molecule has 1 unspecified atom stereocenters. The van der Waals surface area contributed by atoms with Gasteiger partial charge < -0.3 is 10.1 Å². The van der Waals surface area contributed by atoms with E-state index in [1.54, 1.807) is 7.11 Å². The Morgan fingerprint density at radius 3 is 2.04 bits per heavy atom. The van der Waals surface area contributed by atoms with Crippen LogP contribution in [0.1, 0.15) is 24.4 Å². The van der Waals surface area contributed by atoms with Gasteiger partial charge in [-0.2, -0.15) is 0 Å². The summed E-state index contributed by atoms with van der Waals surface area (Å²) < 4.78 is 5.25. The van der Waals surface area contributed by atoms with Crippen LogP contribution >= 0.6 is 0 Å². The summed E-state index contributed by atoms with van der Waals surface area (Å²) in [6.45, 7) is 4.57. The van der Waals surface area contributed by atoms with Crippen LogP contribution in [0, 0.1) is 5.92 Å². The van der Waals surface area contributed by atoms with Gasteiger partial charge in [-0.3, -0.25) is 4.90 Å². The van der Waals surface area contributed by atoms with Gasteiger partial charge in [0.1, 0.15) is 5.75 Å². The highest BCUT2D eigenvalue weighted by molar-refractivity contribution is 5.64. The lowest BCUT2D eigenvalue weighted by Gasteiger charge is -2.35. The van der Waals surface area contributed by atoms with E-state index in [0.717, 1.165) is 24.8 Å². The van der Waals surface area contributed by atoms with Crippen molar-refractivity contribution in [3.63, 3.8) is 0 Å². The molecule has 2 aromatic rings. The average Bonchev–Trinajstić information content (AvgIpc) is 3.49. The van der Waals surface area contributed by atoms with Gasteiger partial charge in [-0.15, -0.1) is 0 Å². The summed E-state index contributed by atoms with van der Waals surface area (Å²) in [5.74, 6) is 1.76. The molecule has 1 saturated carbocycles. The molecule has 0 bridgehead atoms. The monoisotopic (exact) mass is 322 g/mol. The maximum absolute atomic E-state index is 5.25. The predicted molar refractivity (Wildman–Crippen MR) is 98.3 cm³/mol. The number of hydrogen-bond acceptors (Lipinski definition) is 3. The van der Waals surface area contributed by atoms with Crippen molar-refractivity contribution < 1.29 is 4.74 Å². The minimum Gasteiger partial charge on any atom is -0.497 e. The normalized spacial score (nSPS) is 19.9. The predicted octanol–water partition coefficient (Wildman–Crippen LogP) is 3.72. The fourth-order valence-corrected chi connectivity index (χ4v) is 3.81. The highest BCUT2D eigenvalue weighted by Crippen LogP contribution is 2.44. The lowest BCUT2D eigenvalue weighted by molar-refractivity contribution is 0.156. The van der Waals surface area contributed by atoms with Gasteiger partial charge in [0.2, 0.25) is 0 Å². The molecule has 2 aromatic carbocycles. The first-order valence-corrected chi connectivity index (χ1v) is 9.04. The van der Waals surface area contributed by atoms with E-state index < -0.39 is 0 Å². The van der Waals surface area contributed by atoms with Crippen molar-refractivity contribution >= 4 is 0 Å². The van der Waals surface area contributed by atoms with Gasteiger partial charge in [-0.05, 0) is 47.6 Å². The zero-order chi connectivity index (χ0) is 16.4. The second kappa shape index (κ2) is 6.96. The van der Waals surface area contributed by atoms with Crippen LogP contribution in [0.5, 0.6) is 5.75 Å². The van der Waals surface area contributed by atoms with Crippen LogP contribution in [-0.2, 0) is 0 Å². The Hall–Kier alpha value is -1.84. The molecule has 0 spiro atoms. The number of nitrogens with one attached hydrogen (secondary N) is 1. The summed E-state index contributed by atoms with van der Waals surface area (Å²) in [7, 11) is 1.71. The number of piperazine rings is 1. The van der Waals surface area contributed by atoms with Crippen molar-refractivity contribution in [2.24, 2.45) is 5.92 Å². The number of methoxy groups -OCH3 is 1. The molecule has 0 aromatic heterocycles. The third kappa shape index (κ3) is 3.33. The van der Waals surface area contributed by atoms with Gasteiger partial charge >= 0.3 is 0 Å². The van der Waals surface area contributed by atoms with Crippen LogP contribution in [0.15, 0.2) is 48.5 Å². The minimum absolute atomic E-state index is 0.608. The highest BCUT2D eigenvalue weighted by Gasteiger charge is 2.36. The molecule has 1 aliphatic heterocycles. The first-order chi connectivity index (χ1) is 11.8. The largest absolute Gasteiger partial charge is 0.497 e. The summed E-state index contributed by atoms with van der Waals surface area (Å²) >= 11 is 0. The highest BCUT2D eigenvalue weighted by atomic mass is 16.5. The number of rotatable bonds is 5. The zero-order valence-electron chi connectivity index (χ0n) is 14.4. The number of ether oxygens (including phenoxy) is 1. The molecule has 3 nitrogen and oxygen atoms in total. The number of nitrogens with zero attached hydrogens (tertiary/aromatic N) is 1. The summed E-state index contributed by atoms with van der Waals surface area (Å²) in [5.41, 5.74) is 4.00. The fraction of sp³-hybridized carbons (Fsp3) is 0.429. The summed E-state index contributed by atoms with van der Waals surface area (Å²) in [6.07, 6.45) is 2.77. The van der Waals surface area contributed by atoms with Gasteiger partial charge in [0.15, 0.2) is 0 Å². The Kier molecular flexibility index (Phi) is 4.54. The first-order valence-electron chi connectivity index (χ1n) is 9.04. The second-order valence-electron chi connectivity index (χ2n) is 6.92. The van der Waals surface area contributed by atoms with Crippen LogP contribution < -0.4 is 10.1 Å².